The number of rotatable bonds is 5. The van der Waals surface area contributed by atoms with Crippen molar-refractivity contribution < 1.29 is 8.95 Å². The van der Waals surface area contributed by atoms with Gasteiger partial charge in [0.15, 0.2) is 0 Å². The molecule has 1 aliphatic heterocycles. The molecular weight excluding hydrogens is 222 g/mol. The van der Waals surface area contributed by atoms with E-state index in [1.54, 1.807) is 6.26 Å². The molecule has 0 aliphatic carbocycles. The molecule has 4 heteroatoms. The maximum atomic E-state index is 11.2. The van der Waals surface area contributed by atoms with Crippen molar-refractivity contribution in [1.82, 2.24) is 5.32 Å². The molecular formula is C12H25NO2S. The van der Waals surface area contributed by atoms with Crippen LogP contribution in [0, 0.1) is 0 Å². The van der Waals surface area contributed by atoms with E-state index >= 15 is 0 Å². The van der Waals surface area contributed by atoms with E-state index in [2.05, 4.69) is 19.2 Å². The maximum Gasteiger partial charge on any atom is 0.0641 e. The molecule has 1 aliphatic rings. The first kappa shape index (κ1) is 14.1. The molecule has 1 rings (SSSR count). The van der Waals surface area contributed by atoms with E-state index in [1.807, 2.05) is 6.92 Å². The van der Waals surface area contributed by atoms with E-state index < -0.39 is 10.8 Å². The topological polar surface area (TPSA) is 38.3 Å². The summed E-state index contributed by atoms with van der Waals surface area (Å²) in [4.78, 5) is 0. The second-order valence-electron chi connectivity index (χ2n) is 5.35. The molecule has 3 nitrogen and oxygen atoms in total. The van der Waals surface area contributed by atoms with Crippen LogP contribution in [0.1, 0.15) is 40.0 Å². The molecule has 0 saturated carbocycles. The minimum atomic E-state index is -0.697. The van der Waals surface area contributed by atoms with Crippen LogP contribution in [0.25, 0.3) is 0 Å². The normalized spacial score (nSPS) is 28.6. The van der Waals surface area contributed by atoms with Gasteiger partial charge >= 0.3 is 0 Å². The van der Waals surface area contributed by atoms with Gasteiger partial charge in [-0.2, -0.15) is 0 Å². The third-order valence-electron chi connectivity index (χ3n) is 3.25. The van der Waals surface area contributed by atoms with Crippen LogP contribution in [0.15, 0.2) is 0 Å². The lowest BCUT2D eigenvalue weighted by molar-refractivity contribution is -0.0627. The Labute approximate surface area is 102 Å². The van der Waals surface area contributed by atoms with Gasteiger partial charge in [0, 0.05) is 35.0 Å². The quantitative estimate of drug-likeness (QED) is 0.803. The zero-order valence-electron chi connectivity index (χ0n) is 10.9. The molecule has 1 fully saturated rings. The van der Waals surface area contributed by atoms with E-state index in [-0.39, 0.29) is 5.60 Å². The fourth-order valence-corrected chi connectivity index (χ4v) is 2.51. The van der Waals surface area contributed by atoms with Crippen LogP contribution in [0.4, 0.5) is 0 Å². The van der Waals surface area contributed by atoms with Crippen LogP contribution in [-0.2, 0) is 15.5 Å². The summed E-state index contributed by atoms with van der Waals surface area (Å²) in [5, 5.41) is 3.84. The average Bonchev–Trinajstić information content (AvgIpc) is 2.15. The van der Waals surface area contributed by atoms with E-state index in [0.29, 0.717) is 11.3 Å². The first-order valence-electron chi connectivity index (χ1n) is 6.10. The molecule has 96 valence electrons. The van der Waals surface area contributed by atoms with Gasteiger partial charge in [0.25, 0.3) is 0 Å². The lowest BCUT2D eigenvalue weighted by Gasteiger charge is -2.36. The Bertz CT molecular complexity index is 243. The van der Waals surface area contributed by atoms with E-state index in [9.17, 15) is 4.21 Å². The highest BCUT2D eigenvalue weighted by Crippen LogP contribution is 2.23. The Morgan fingerprint density at radius 2 is 2.25 bits per heavy atom. The number of ether oxygens (including phenoxy) is 1. The lowest BCUT2D eigenvalue weighted by atomic mass is 9.94. The van der Waals surface area contributed by atoms with Gasteiger partial charge in [-0.1, -0.05) is 6.92 Å². The number of hydrogen-bond donors (Lipinski definition) is 1. The third kappa shape index (κ3) is 4.93. The van der Waals surface area contributed by atoms with Crippen LogP contribution in [0.3, 0.4) is 0 Å². The molecule has 1 heterocycles. The number of hydrogen-bond acceptors (Lipinski definition) is 3. The molecule has 16 heavy (non-hydrogen) atoms. The summed E-state index contributed by atoms with van der Waals surface area (Å²) >= 11 is 0. The molecule has 1 saturated heterocycles. The highest BCUT2D eigenvalue weighted by molar-refractivity contribution is 7.84. The highest BCUT2D eigenvalue weighted by atomic mass is 32.2. The van der Waals surface area contributed by atoms with E-state index in [0.717, 1.165) is 32.4 Å². The molecule has 3 atom stereocenters. The first-order valence-corrected chi connectivity index (χ1v) is 7.72. The van der Waals surface area contributed by atoms with Crippen LogP contribution in [0.5, 0.6) is 0 Å². The third-order valence-corrected chi connectivity index (χ3v) is 4.62. The van der Waals surface area contributed by atoms with Crippen molar-refractivity contribution >= 4 is 10.8 Å². The average molecular weight is 247 g/mol. The van der Waals surface area contributed by atoms with Gasteiger partial charge in [0.05, 0.1) is 5.60 Å². The second-order valence-corrected chi connectivity index (χ2v) is 7.15. The maximum absolute atomic E-state index is 11.2. The summed E-state index contributed by atoms with van der Waals surface area (Å²) < 4.78 is 16.9. The molecule has 1 N–H and O–H groups in total. The predicted octanol–water partition coefficient (Wildman–Crippen LogP) is 1.69. The van der Waals surface area contributed by atoms with Crippen molar-refractivity contribution in [3.8, 4) is 0 Å². The Morgan fingerprint density at radius 3 is 2.81 bits per heavy atom. The molecule has 0 bridgehead atoms. The van der Waals surface area contributed by atoms with Crippen LogP contribution >= 0.6 is 0 Å². The Morgan fingerprint density at radius 1 is 1.56 bits per heavy atom. The van der Waals surface area contributed by atoms with Gasteiger partial charge in [-0.25, -0.2) is 0 Å². The van der Waals surface area contributed by atoms with Crippen LogP contribution < -0.4 is 5.32 Å². The van der Waals surface area contributed by atoms with E-state index in [4.69, 9.17) is 4.74 Å². The van der Waals surface area contributed by atoms with Crippen molar-refractivity contribution in [3.63, 3.8) is 0 Å². The molecule has 0 aromatic rings. The highest BCUT2D eigenvalue weighted by Gasteiger charge is 2.28. The second kappa shape index (κ2) is 6.12. The van der Waals surface area contributed by atoms with Crippen LogP contribution in [-0.4, -0.2) is 40.5 Å². The standard InChI is InChI=1S/C12H25NO2S/c1-10(16(4)14)5-7-13-11-6-8-15-12(2,3)9-11/h10-11,13H,5-9H2,1-4H3. The van der Waals surface area contributed by atoms with Crippen molar-refractivity contribution in [2.45, 2.75) is 56.9 Å². The zero-order valence-corrected chi connectivity index (χ0v) is 11.7. The fourth-order valence-electron chi connectivity index (χ4n) is 2.06. The van der Waals surface area contributed by atoms with Gasteiger partial charge in [-0.05, 0) is 39.7 Å². The molecule has 0 radical (unpaired) electrons. The monoisotopic (exact) mass is 247 g/mol. The van der Waals surface area contributed by atoms with Crippen molar-refractivity contribution in [2.75, 3.05) is 19.4 Å². The fraction of sp³-hybridized carbons (Fsp3) is 1.00. The first-order chi connectivity index (χ1) is 7.41. The van der Waals surface area contributed by atoms with Gasteiger partial charge in [-0.3, -0.25) is 4.21 Å². The smallest absolute Gasteiger partial charge is 0.0641 e. The van der Waals surface area contributed by atoms with Crippen LogP contribution in [0.2, 0.25) is 0 Å². The summed E-state index contributed by atoms with van der Waals surface area (Å²) in [6, 6.07) is 0.557. The largest absolute Gasteiger partial charge is 0.375 e. The zero-order chi connectivity index (χ0) is 12.2. The van der Waals surface area contributed by atoms with Gasteiger partial charge in [0.1, 0.15) is 0 Å². The Balaban J connectivity index is 2.20. The summed E-state index contributed by atoms with van der Waals surface area (Å²) in [6.07, 6.45) is 4.92. The minimum absolute atomic E-state index is 0.00904. The summed E-state index contributed by atoms with van der Waals surface area (Å²) in [7, 11) is -0.697. The van der Waals surface area contributed by atoms with Crippen molar-refractivity contribution in [3.05, 3.63) is 0 Å². The number of nitrogens with one attached hydrogen (secondary N) is 1. The Hall–Kier alpha value is 0.0700. The molecule has 0 spiro atoms. The molecule has 0 amide bonds. The van der Waals surface area contributed by atoms with E-state index in [1.165, 1.54) is 0 Å². The van der Waals surface area contributed by atoms with Crippen molar-refractivity contribution in [2.24, 2.45) is 0 Å². The SMILES string of the molecule is CC(CCNC1CCOC(C)(C)C1)S(C)=O. The molecule has 0 aromatic heterocycles. The summed E-state index contributed by atoms with van der Waals surface area (Å²) in [5.41, 5.74) is 0.00904. The predicted molar refractivity (Wildman–Crippen MR) is 69.2 cm³/mol. The van der Waals surface area contributed by atoms with Gasteiger partial charge < -0.3 is 10.1 Å². The molecule has 0 aromatic carbocycles. The van der Waals surface area contributed by atoms with Gasteiger partial charge in [0.2, 0.25) is 0 Å². The lowest BCUT2D eigenvalue weighted by Crippen LogP contribution is -2.44. The Kier molecular flexibility index (Phi) is 5.41. The summed E-state index contributed by atoms with van der Waals surface area (Å²) in [6.45, 7) is 8.14. The minimum Gasteiger partial charge on any atom is -0.375 e. The van der Waals surface area contributed by atoms with Gasteiger partial charge in [-0.15, -0.1) is 0 Å². The van der Waals surface area contributed by atoms with Crippen molar-refractivity contribution in [1.29, 1.82) is 0 Å². The summed E-state index contributed by atoms with van der Waals surface area (Å²) in [5.74, 6) is 0. The molecule has 3 unspecified atom stereocenters.